The molecule has 0 spiro atoms. The largest absolute Gasteiger partial charge is 0.497 e. The zero-order chi connectivity index (χ0) is 19.1. The van der Waals surface area contributed by atoms with Crippen LogP contribution in [0.25, 0.3) is 0 Å². The fraction of sp³-hybridized carbons (Fsp3) is 0.167. The predicted molar refractivity (Wildman–Crippen MR) is 110 cm³/mol. The van der Waals surface area contributed by atoms with E-state index in [1.165, 1.54) is 23.1 Å². The Morgan fingerprint density at radius 2 is 2.07 bits per heavy atom. The normalized spacial score (nSPS) is 10.4. The summed E-state index contributed by atoms with van der Waals surface area (Å²) in [4.78, 5) is 12.0. The minimum absolute atomic E-state index is 0.0718. The highest BCUT2D eigenvalue weighted by Crippen LogP contribution is 2.28. The summed E-state index contributed by atoms with van der Waals surface area (Å²) >= 11 is 8.67. The quantitative estimate of drug-likeness (QED) is 0.527. The molecule has 0 atom stereocenters. The third-order valence-electron chi connectivity index (χ3n) is 3.43. The van der Waals surface area contributed by atoms with Crippen molar-refractivity contribution >= 4 is 51.4 Å². The van der Waals surface area contributed by atoms with Gasteiger partial charge < -0.3 is 15.4 Å². The van der Waals surface area contributed by atoms with Gasteiger partial charge in [0.05, 0.1) is 12.9 Å². The van der Waals surface area contributed by atoms with Crippen LogP contribution in [0, 0.1) is 0 Å². The molecule has 1 aromatic heterocycles. The Balaban J connectivity index is 1.46. The number of nitrogens with one attached hydrogen (secondary N) is 2. The smallest absolute Gasteiger partial charge is 0.230 e. The van der Waals surface area contributed by atoms with Crippen molar-refractivity contribution in [3.05, 3.63) is 59.1 Å². The van der Waals surface area contributed by atoms with Gasteiger partial charge >= 0.3 is 0 Å². The molecule has 2 N–H and O–H groups in total. The highest BCUT2D eigenvalue weighted by molar-refractivity contribution is 8.01. The van der Waals surface area contributed by atoms with Crippen LogP contribution in [-0.4, -0.2) is 29.0 Å². The van der Waals surface area contributed by atoms with E-state index in [4.69, 9.17) is 16.3 Å². The van der Waals surface area contributed by atoms with E-state index in [1.54, 1.807) is 13.2 Å². The molecule has 0 aliphatic carbocycles. The molecule has 1 heterocycles. The first kappa shape index (κ1) is 19.5. The SMILES string of the molecule is COc1cccc(Nc2nnc(SCC(=O)NCc3cccc(Cl)c3)s2)c1. The third-order valence-corrected chi connectivity index (χ3v) is 5.64. The number of anilines is 2. The number of methoxy groups -OCH3 is 1. The lowest BCUT2D eigenvalue weighted by Gasteiger charge is -2.05. The number of thioether (sulfide) groups is 1. The molecule has 3 rings (SSSR count). The van der Waals surface area contributed by atoms with Gasteiger partial charge in [-0.1, -0.05) is 52.9 Å². The van der Waals surface area contributed by atoms with Gasteiger partial charge in [0.1, 0.15) is 5.75 Å². The molecule has 27 heavy (non-hydrogen) atoms. The fourth-order valence-electron chi connectivity index (χ4n) is 2.17. The summed E-state index contributed by atoms with van der Waals surface area (Å²) in [5.74, 6) is 0.960. The minimum atomic E-state index is -0.0718. The molecule has 0 bridgehead atoms. The number of carbonyl (C=O) groups excluding carboxylic acids is 1. The highest BCUT2D eigenvalue weighted by atomic mass is 35.5. The Hall–Kier alpha value is -2.29. The van der Waals surface area contributed by atoms with E-state index in [-0.39, 0.29) is 11.7 Å². The van der Waals surface area contributed by atoms with E-state index >= 15 is 0 Å². The molecule has 0 saturated heterocycles. The summed E-state index contributed by atoms with van der Waals surface area (Å²) in [6.07, 6.45) is 0. The predicted octanol–water partition coefficient (Wildman–Crippen LogP) is 4.35. The van der Waals surface area contributed by atoms with Gasteiger partial charge in [-0.25, -0.2) is 0 Å². The fourth-order valence-corrected chi connectivity index (χ4v) is 3.98. The van der Waals surface area contributed by atoms with Crippen LogP contribution in [0.15, 0.2) is 52.9 Å². The zero-order valence-corrected chi connectivity index (χ0v) is 16.8. The van der Waals surface area contributed by atoms with Crippen LogP contribution in [-0.2, 0) is 11.3 Å². The number of nitrogens with zero attached hydrogens (tertiary/aromatic N) is 2. The number of amides is 1. The van der Waals surface area contributed by atoms with Gasteiger partial charge in [0.25, 0.3) is 0 Å². The highest BCUT2D eigenvalue weighted by Gasteiger charge is 2.09. The third kappa shape index (κ3) is 6.13. The number of aromatic nitrogens is 2. The van der Waals surface area contributed by atoms with Gasteiger partial charge in [-0.3, -0.25) is 4.79 Å². The molecule has 2 aromatic carbocycles. The van der Waals surface area contributed by atoms with Crippen molar-refractivity contribution in [1.82, 2.24) is 15.5 Å². The van der Waals surface area contributed by atoms with E-state index < -0.39 is 0 Å². The molecule has 0 radical (unpaired) electrons. The molecular weight excluding hydrogens is 404 g/mol. The van der Waals surface area contributed by atoms with Gasteiger partial charge in [-0.05, 0) is 29.8 Å². The van der Waals surface area contributed by atoms with Crippen molar-refractivity contribution in [2.75, 3.05) is 18.2 Å². The zero-order valence-electron chi connectivity index (χ0n) is 14.4. The molecule has 0 saturated carbocycles. The van der Waals surface area contributed by atoms with Crippen LogP contribution in [0.2, 0.25) is 5.02 Å². The van der Waals surface area contributed by atoms with Crippen molar-refractivity contribution < 1.29 is 9.53 Å². The first-order chi connectivity index (χ1) is 13.1. The summed E-state index contributed by atoms with van der Waals surface area (Å²) in [6.45, 7) is 0.443. The van der Waals surface area contributed by atoms with Gasteiger partial charge in [-0.15, -0.1) is 10.2 Å². The van der Waals surface area contributed by atoms with Gasteiger partial charge in [0, 0.05) is 23.3 Å². The van der Waals surface area contributed by atoms with E-state index in [2.05, 4.69) is 20.8 Å². The second kappa shape index (κ2) is 9.59. The first-order valence-corrected chi connectivity index (χ1v) is 10.2. The van der Waals surface area contributed by atoms with E-state index in [0.29, 0.717) is 16.7 Å². The van der Waals surface area contributed by atoms with Crippen molar-refractivity contribution in [3.63, 3.8) is 0 Å². The topological polar surface area (TPSA) is 76.1 Å². The van der Waals surface area contributed by atoms with Gasteiger partial charge in [0.2, 0.25) is 11.0 Å². The van der Waals surface area contributed by atoms with Crippen molar-refractivity contribution in [2.45, 2.75) is 10.9 Å². The number of carbonyl (C=O) groups is 1. The van der Waals surface area contributed by atoms with Crippen LogP contribution in [0.1, 0.15) is 5.56 Å². The summed E-state index contributed by atoms with van der Waals surface area (Å²) in [5, 5.41) is 15.5. The lowest BCUT2D eigenvalue weighted by Crippen LogP contribution is -2.24. The average molecular weight is 421 g/mol. The standard InChI is InChI=1S/C18H17ClN4O2S2/c1-25-15-7-3-6-14(9-15)21-17-22-23-18(27-17)26-11-16(24)20-10-12-4-2-5-13(19)8-12/h2-9H,10-11H2,1H3,(H,20,24)(H,21,22). The van der Waals surface area contributed by atoms with Crippen molar-refractivity contribution in [3.8, 4) is 5.75 Å². The maximum absolute atomic E-state index is 12.0. The maximum Gasteiger partial charge on any atom is 0.230 e. The second-order valence-corrected chi connectivity index (χ2v) is 8.06. The lowest BCUT2D eigenvalue weighted by molar-refractivity contribution is -0.118. The van der Waals surface area contributed by atoms with Crippen LogP contribution in [0.4, 0.5) is 10.8 Å². The number of ether oxygens (including phenoxy) is 1. The van der Waals surface area contributed by atoms with Crippen molar-refractivity contribution in [1.29, 1.82) is 0 Å². The summed E-state index contributed by atoms with van der Waals surface area (Å²) in [5.41, 5.74) is 1.82. The molecule has 0 aliphatic heterocycles. The van der Waals surface area contributed by atoms with E-state index in [0.717, 1.165) is 21.3 Å². The molecule has 9 heteroatoms. The number of hydrogen-bond donors (Lipinski definition) is 2. The maximum atomic E-state index is 12.0. The van der Waals surface area contributed by atoms with Crippen LogP contribution < -0.4 is 15.4 Å². The van der Waals surface area contributed by atoms with E-state index in [1.807, 2.05) is 42.5 Å². The van der Waals surface area contributed by atoms with Gasteiger partial charge in [-0.2, -0.15) is 0 Å². The number of benzene rings is 2. The average Bonchev–Trinajstić information content (AvgIpc) is 3.12. The monoisotopic (exact) mass is 420 g/mol. The Bertz CT molecular complexity index is 920. The number of halogens is 1. The molecule has 0 unspecified atom stereocenters. The van der Waals surface area contributed by atoms with Gasteiger partial charge in [0.15, 0.2) is 4.34 Å². The Morgan fingerprint density at radius 3 is 2.89 bits per heavy atom. The molecule has 0 aliphatic rings. The Labute approximate surface area is 170 Å². The molecule has 1 amide bonds. The molecular formula is C18H17ClN4O2S2. The number of rotatable bonds is 8. The Kier molecular flexibility index (Phi) is 6.92. The lowest BCUT2D eigenvalue weighted by atomic mass is 10.2. The first-order valence-electron chi connectivity index (χ1n) is 8.01. The Morgan fingerprint density at radius 1 is 1.22 bits per heavy atom. The molecule has 3 aromatic rings. The molecule has 140 valence electrons. The second-order valence-electron chi connectivity index (χ2n) is 5.43. The molecule has 0 fully saturated rings. The van der Waals surface area contributed by atoms with Crippen LogP contribution >= 0.6 is 34.7 Å². The summed E-state index contributed by atoms with van der Waals surface area (Å²) < 4.78 is 5.92. The van der Waals surface area contributed by atoms with Crippen molar-refractivity contribution in [2.24, 2.45) is 0 Å². The summed E-state index contributed by atoms with van der Waals surface area (Å²) in [7, 11) is 1.62. The van der Waals surface area contributed by atoms with Crippen LogP contribution in [0.3, 0.4) is 0 Å². The number of hydrogen-bond acceptors (Lipinski definition) is 7. The molecule has 6 nitrogen and oxygen atoms in total. The summed E-state index contributed by atoms with van der Waals surface area (Å²) in [6, 6.07) is 15.0. The van der Waals surface area contributed by atoms with Crippen LogP contribution in [0.5, 0.6) is 5.75 Å². The minimum Gasteiger partial charge on any atom is -0.497 e. The van der Waals surface area contributed by atoms with E-state index in [9.17, 15) is 4.79 Å².